The van der Waals surface area contributed by atoms with Crippen molar-refractivity contribution in [2.45, 2.75) is 39.7 Å². The Balaban J connectivity index is 1.49. The molecule has 1 amide bonds. The van der Waals surface area contributed by atoms with Crippen LogP contribution in [0.1, 0.15) is 42.7 Å². The molecule has 38 heavy (non-hydrogen) atoms. The molecule has 0 spiro atoms. The van der Waals surface area contributed by atoms with Gasteiger partial charge in [-0.05, 0) is 56.9 Å². The standard InChI is InChI=1S/C27H31N5O6/c1-17-9-8-14-30(16-17)22-13-12-20(15-23(22)32(36)37)27(35)38-19(3)25(33)28-24-18(2)29(4)31(26(24)34)21-10-6-5-7-11-21/h5-7,10-13,15,17,19H,8-9,14,16H2,1-4H3,(H,28,33)/t17-,19+/m1/s1. The van der Waals surface area contributed by atoms with Crippen LogP contribution in [0.5, 0.6) is 0 Å². The van der Waals surface area contributed by atoms with Gasteiger partial charge in [0.15, 0.2) is 6.10 Å². The molecule has 11 nitrogen and oxygen atoms in total. The largest absolute Gasteiger partial charge is 0.449 e. The summed E-state index contributed by atoms with van der Waals surface area (Å²) in [5.41, 5.74) is 1.02. The first kappa shape index (κ1) is 26.6. The van der Waals surface area contributed by atoms with E-state index in [2.05, 4.69) is 12.2 Å². The number of aromatic nitrogens is 2. The van der Waals surface area contributed by atoms with Crippen molar-refractivity contribution in [2.75, 3.05) is 23.3 Å². The number of para-hydroxylation sites is 1. The van der Waals surface area contributed by atoms with Crippen molar-refractivity contribution < 1.29 is 19.2 Å². The van der Waals surface area contributed by atoms with Crippen LogP contribution < -0.4 is 15.8 Å². The van der Waals surface area contributed by atoms with Crippen molar-refractivity contribution in [1.29, 1.82) is 0 Å². The summed E-state index contributed by atoms with van der Waals surface area (Å²) >= 11 is 0. The second kappa shape index (κ2) is 10.9. The normalized spacial score (nSPS) is 16.1. The molecule has 1 aliphatic rings. The van der Waals surface area contributed by atoms with Gasteiger partial charge in [-0.2, -0.15) is 0 Å². The Bertz CT molecular complexity index is 1430. The van der Waals surface area contributed by atoms with Gasteiger partial charge in [-0.25, -0.2) is 9.48 Å². The number of nitro groups is 1. The van der Waals surface area contributed by atoms with E-state index in [9.17, 15) is 24.5 Å². The van der Waals surface area contributed by atoms with E-state index < -0.39 is 28.5 Å². The summed E-state index contributed by atoms with van der Waals surface area (Å²) in [5, 5.41) is 14.3. The van der Waals surface area contributed by atoms with Crippen LogP contribution in [0.3, 0.4) is 0 Å². The number of carbonyl (C=O) groups is 2. The third-order valence-electron chi connectivity index (χ3n) is 6.86. The van der Waals surface area contributed by atoms with Crippen molar-refractivity contribution in [3.8, 4) is 5.69 Å². The molecule has 0 bridgehead atoms. The fraction of sp³-hybridized carbons (Fsp3) is 0.370. The van der Waals surface area contributed by atoms with E-state index in [0.29, 0.717) is 36.1 Å². The Kier molecular flexibility index (Phi) is 7.65. The first-order chi connectivity index (χ1) is 18.1. The van der Waals surface area contributed by atoms with Crippen molar-refractivity contribution in [2.24, 2.45) is 13.0 Å². The Morgan fingerprint density at radius 2 is 1.89 bits per heavy atom. The number of hydrogen-bond donors (Lipinski definition) is 1. The van der Waals surface area contributed by atoms with Gasteiger partial charge in [0.05, 0.1) is 21.9 Å². The Hall–Kier alpha value is -4.41. The second-order valence-electron chi connectivity index (χ2n) is 9.63. The molecule has 1 saturated heterocycles. The van der Waals surface area contributed by atoms with E-state index in [1.807, 2.05) is 11.0 Å². The predicted molar refractivity (Wildman–Crippen MR) is 143 cm³/mol. The van der Waals surface area contributed by atoms with Gasteiger partial charge < -0.3 is 15.0 Å². The Labute approximate surface area is 219 Å². The summed E-state index contributed by atoms with van der Waals surface area (Å²) in [7, 11) is 1.70. The van der Waals surface area contributed by atoms with Crippen molar-refractivity contribution in [3.63, 3.8) is 0 Å². The molecule has 1 N–H and O–H groups in total. The van der Waals surface area contributed by atoms with Crippen LogP contribution in [0, 0.1) is 23.0 Å². The van der Waals surface area contributed by atoms with Crippen molar-refractivity contribution in [3.05, 3.63) is 80.3 Å². The van der Waals surface area contributed by atoms with Crippen molar-refractivity contribution in [1.82, 2.24) is 9.36 Å². The second-order valence-corrected chi connectivity index (χ2v) is 9.63. The molecule has 2 aromatic carbocycles. The topological polar surface area (TPSA) is 129 Å². The number of rotatable bonds is 7. The molecule has 0 radical (unpaired) electrons. The monoisotopic (exact) mass is 521 g/mol. The minimum atomic E-state index is -1.26. The smallest absolute Gasteiger partial charge is 0.339 e. The van der Waals surface area contributed by atoms with Crippen LogP contribution in [-0.4, -0.2) is 45.4 Å². The summed E-state index contributed by atoms with van der Waals surface area (Å²) in [6.45, 7) is 6.57. The zero-order valence-corrected chi connectivity index (χ0v) is 21.8. The van der Waals surface area contributed by atoms with Crippen LogP contribution in [0.15, 0.2) is 53.3 Å². The van der Waals surface area contributed by atoms with Crippen LogP contribution in [0.2, 0.25) is 0 Å². The number of esters is 1. The third-order valence-corrected chi connectivity index (χ3v) is 6.86. The molecule has 0 unspecified atom stereocenters. The maximum absolute atomic E-state index is 13.0. The average Bonchev–Trinajstić information content (AvgIpc) is 3.11. The SMILES string of the molecule is Cc1c(NC(=O)[C@H](C)OC(=O)c2ccc(N3CCC[C@@H](C)C3)c([N+](=O)[O-])c2)c(=O)n(-c2ccccc2)n1C. The first-order valence-corrected chi connectivity index (χ1v) is 12.5. The molecule has 2 atom stereocenters. The molecule has 0 aliphatic carbocycles. The van der Waals surface area contributed by atoms with E-state index in [0.717, 1.165) is 12.8 Å². The lowest BCUT2D eigenvalue weighted by Gasteiger charge is -2.32. The maximum atomic E-state index is 13.0. The maximum Gasteiger partial charge on any atom is 0.339 e. The van der Waals surface area contributed by atoms with Gasteiger partial charge in [0.2, 0.25) is 0 Å². The van der Waals surface area contributed by atoms with Crippen molar-refractivity contribution >= 4 is 28.9 Å². The molecule has 1 fully saturated rings. The molecule has 1 aliphatic heterocycles. The number of nitrogens with zero attached hydrogens (tertiary/aromatic N) is 4. The lowest BCUT2D eigenvalue weighted by molar-refractivity contribution is -0.384. The molecule has 0 saturated carbocycles. The van der Waals surface area contributed by atoms with Crippen LogP contribution in [0.4, 0.5) is 17.1 Å². The average molecular weight is 522 g/mol. The van der Waals surface area contributed by atoms with Gasteiger partial charge in [0.25, 0.3) is 17.2 Å². The van der Waals surface area contributed by atoms with Gasteiger partial charge in [-0.15, -0.1) is 0 Å². The number of anilines is 2. The fourth-order valence-corrected chi connectivity index (χ4v) is 4.69. The Morgan fingerprint density at radius 1 is 1.18 bits per heavy atom. The van der Waals surface area contributed by atoms with Gasteiger partial charge in [0.1, 0.15) is 11.4 Å². The number of benzene rings is 2. The highest BCUT2D eigenvalue weighted by Crippen LogP contribution is 2.32. The number of hydrogen-bond acceptors (Lipinski definition) is 7. The molecule has 200 valence electrons. The van der Waals surface area contributed by atoms with Gasteiger partial charge in [-0.1, -0.05) is 25.1 Å². The number of nitrogens with one attached hydrogen (secondary N) is 1. The molecule has 1 aromatic heterocycles. The lowest BCUT2D eigenvalue weighted by atomic mass is 9.99. The quantitative estimate of drug-likeness (QED) is 0.284. The van der Waals surface area contributed by atoms with Crippen LogP contribution in [-0.2, 0) is 16.6 Å². The van der Waals surface area contributed by atoms with Gasteiger partial charge >= 0.3 is 5.97 Å². The number of amides is 1. The number of piperidine rings is 1. The summed E-state index contributed by atoms with van der Waals surface area (Å²) in [6, 6.07) is 13.2. The summed E-state index contributed by atoms with van der Waals surface area (Å²) in [6.07, 6.45) is 0.747. The summed E-state index contributed by atoms with van der Waals surface area (Å²) in [4.78, 5) is 51.9. The highest BCUT2D eigenvalue weighted by molar-refractivity contribution is 5.98. The number of nitro benzene ring substituents is 1. The molecule has 4 rings (SSSR count). The van der Waals surface area contributed by atoms with Gasteiger partial charge in [-0.3, -0.25) is 24.4 Å². The summed E-state index contributed by atoms with van der Waals surface area (Å²) < 4.78 is 8.35. The molecule has 2 heterocycles. The van der Waals surface area contributed by atoms with E-state index in [1.165, 1.54) is 23.7 Å². The van der Waals surface area contributed by atoms with Crippen LogP contribution in [0.25, 0.3) is 5.69 Å². The third kappa shape index (κ3) is 5.31. The van der Waals surface area contributed by atoms with E-state index in [4.69, 9.17) is 4.74 Å². The minimum Gasteiger partial charge on any atom is -0.449 e. The minimum absolute atomic E-state index is 0.0347. The predicted octanol–water partition coefficient (Wildman–Crippen LogP) is 3.81. The lowest BCUT2D eigenvalue weighted by Crippen LogP contribution is -2.34. The van der Waals surface area contributed by atoms with E-state index in [-0.39, 0.29) is 16.9 Å². The fourth-order valence-electron chi connectivity index (χ4n) is 4.69. The zero-order valence-electron chi connectivity index (χ0n) is 21.8. The Morgan fingerprint density at radius 3 is 2.55 bits per heavy atom. The molecular weight excluding hydrogens is 490 g/mol. The van der Waals surface area contributed by atoms with E-state index in [1.54, 1.807) is 49.0 Å². The molecule has 11 heteroatoms. The van der Waals surface area contributed by atoms with Gasteiger partial charge in [0, 0.05) is 26.2 Å². The molecular formula is C27H31N5O6. The zero-order chi connectivity index (χ0) is 27.6. The highest BCUT2D eigenvalue weighted by Gasteiger charge is 2.27. The number of carbonyl (C=O) groups excluding carboxylic acids is 2. The van der Waals surface area contributed by atoms with E-state index >= 15 is 0 Å². The van der Waals surface area contributed by atoms with Crippen LogP contribution >= 0.6 is 0 Å². The number of ether oxygens (including phenoxy) is 1. The first-order valence-electron chi connectivity index (χ1n) is 12.5. The molecule has 3 aromatic rings. The summed E-state index contributed by atoms with van der Waals surface area (Å²) in [5.74, 6) is -1.16. The highest BCUT2D eigenvalue weighted by atomic mass is 16.6.